The van der Waals surface area contributed by atoms with Crippen LogP contribution in [-0.4, -0.2) is 33.2 Å². The summed E-state index contributed by atoms with van der Waals surface area (Å²) < 4.78 is 39.0. The van der Waals surface area contributed by atoms with E-state index in [-0.39, 0.29) is 19.1 Å². The van der Waals surface area contributed by atoms with Gasteiger partial charge in [-0.2, -0.15) is 28.1 Å². The summed E-state index contributed by atoms with van der Waals surface area (Å²) >= 11 is 0. The van der Waals surface area contributed by atoms with E-state index in [1.165, 1.54) is 6.07 Å². The highest BCUT2D eigenvalue weighted by molar-refractivity contribution is 5.43. The molecule has 0 saturated carbocycles. The van der Waals surface area contributed by atoms with E-state index < -0.39 is 11.7 Å². The largest absolute Gasteiger partial charge is 0.416 e. The molecule has 2 aromatic carbocycles. The summed E-state index contributed by atoms with van der Waals surface area (Å²) in [6.07, 6.45) is -0.804. The normalized spacial score (nSPS) is 11.3. The van der Waals surface area contributed by atoms with Crippen molar-refractivity contribution in [1.29, 1.82) is 0 Å². The standard InChI is InChI=1S/C24H29F3N6O/c25-24(26,27)20-12-8-11-19(15-20)17-30-23-32-21(28-13-6-1-2-7-14-34)31-22(33-23)29-16-18-9-4-3-5-10-18/h3-5,8-12,15,34H,1-2,6-7,13-14,16-17H2,(H3,28,29,30,31,32,33). The van der Waals surface area contributed by atoms with Gasteiger partial charge in [-0.15, -0.1) is 0 Å². The van der Waals surface area contributed by atoms with Gasteiger partial charge in [0.1, 0.15) is 0 Å². The minimum absolute atomic E-state index is 0.132. The van der Waals surface area contributed by atoms with E-state index >= 15 is 0 Å². The van der Waals surface area contributed by atoms with Crippen LogP contribution in [0.15, 0.2) is 54.6 Å². The molecule has 1 heterocycles. The maximum Gasteiger partial charge on any atom is 0.416 e. The summed E-state index contributed by atoms with van der Waals surface area (Å²) in [4.78, 5) is 13.1. The molecule has 0 amide bonds. The summed E-state index contributed by atoms with van der Waals surface area (Å²) in [5, 5.41) is 18.2. The molecule has 7 nitrogen and oxygen atoms in total. The van der Waals surface area contributed by atoms with E-state index in [2.05, 4.69) is 30.9 Å². The Morgan fingerprint density at radius 3 is 1.91 bits per heavy atom. The minimum atomic E-state index is -4.40. The maximum absolute atomic E-state index is 13.0. The lowest BCUT2D eigenvalue weighted by Crippen LogP contribution is -2.13. The molecule has 0 atom stereocenters. The third kappa shape index (κ3) is 8.51. The van der Waals surface area contributed by atoms with Crippen LogP contribution in [0, 0.1) is 0 Å². The van der Waals surface area contributed by atoms with Crippen LogP contribution in [0.4, 0.5) is 31.0 Å². The van der Waals surface area contributed by atoms with Crippen LogP contribution in [0.1, 0.15) is 42.4 Å². The second-order valence-corrected chi connectivity index (χ2v) is 7.76. The van der Waals surface area contributed by atoms with Gasteiger partial charge in [0, 0.05) is 26.2 Å². The number of hydrogen-bond acceptors (Lipinski definition) is 7. The van der Waals surface area contributed by atoms with Crippen LogP contribution in [-0.2, 0) is 19.3 Å². The fourth-order valence-electron chi connectivity index (χ4n) is 3.22. The topological polar surface area (TPSA) is 95.0 Å². The van der Waals surface area contributed by atoms with Crippen LogP contribution in [0.3, 0.4) is 0 Å². The highest BCUT2D eigenvalue weighted by Crippen LogP contribution is 2.29. The van der Waals surface area contributed by atoms with E-state index in [0.29, 0.717) is 30.5 Å². The van der Waals surface area contributed by atoms with Gasteiger partial charge < -0.3 is 21.1 Å². The molecule has 0 aliphatic carbocycles. The lowest BCUT2D eigenvalue weighted by Gasteiger charge is -2.12. The molecular weight excluding hydrogens is 445 g/mol. The van der Waals surface area contributed by atoms with Gasteiger partial charge in [-0.25, -0.2) is 0 Å². The predicted molar refractivity (Wildman–Crippen MR) is 126 cm³/mol. The number of nitrogens with zero attached hydrogens (tertiary/aromatic N) is 3. The number of nitrogens with one attached hydrogen (secondary N) is 3. The highest BCUT2D eigenvalue weighted by Gasteiger charge is 2.30. The molecule has 0 fully saturated rings. The van der Waals surface area contributed by atoms with Gasteiger partial charge in [0.05, 0.1) is 5.56 Å². The first-order chi connectivity index (χ1) is 16.4. The zero-order chi connectivity index (χ0) is 24.2. The third-order valence-corrected chi connectivity index (χ3v) is 5.00. The zero-order valence-corrected chi connectivity index (χ0v) is 18.8. The van der Waals surface area contributed by atoms with Crippen molar-refractivity contribution in [3.63, 3.8) is 0 Å². The summed E-state index contributed by atoms with van der Waals surface area (Å²) in [6, 6.07) is 14.9. The van der Waals surface area contributed by atoms with E-state index in [1.807, 2.05) is 30.3 Å². The van der Waals surface area contributed by atoms with E-state index in [9.17, 15) is 13.2 Å². The van der Waals surface area contributed by atoms with Crippen molar-refractivity contribution in [2.45, 2.75) is 44.9 Å². The third-order valence-electron chi connectivity index (χ3n) is 5.00. The molecule has 34 heavy (non-hydrogen) atoms. The molecule has 0 radical (unpaired) electrons. The van der Waals surface area contributed by atoms with Gasteiger partial charge in [0.25, 0.3) is 0 Å². The van der Waals surface area contributed by atoms with Crippen molar-refractivity contribution < 1.29 is 18.3 Å². The minimum Gasteiger partial charge on any atom is -0.396 e. The number of aliphatic hydroxyl groups is 1. The van der Waals surface area contributed by atoms with Gasteiger partial charge in [0.15, 0.2) is 0 Å². The van der Waals surface area contributed by atoms with Crippen molar-refractivity contribution >= 4 is 17.8 Å². The van der Waals surface area contributed by atoms with E-state index in [0.717, 1.165) is 43.4 Å². The molecule has 182 valence electrons. The molecule has 3 rings (SSSR count). The Labute approximate surface area is 196 Å². The van der Waals surface area contributed by atoms with Crippen molar-refractivity contribution in [2.24, 2.45) is 0 Å². The Balaban J connectivity index is 1.67. The van der Waals surface area contributed by atoms with Crippen LogP contribution < -0.4 is 16.0 Å². The molecule has 0 aliphatic heterocycles. The van der Waals surface area contributed by atoms with E-state index in [4.69, 9.17) is 5.11 Å². The predicted octanol–water partition coefficient (Wildman–Crippen LogP) is 5.08. The van der Waals surface area contributed by atoms with E-state index in [1.54, 1.807) is 6.07 Å². The quantitative estimate of drug-likeness (QED) is 0.257. The Morgan fingerprint density at radius 1 is 0.676 bits per heavy atom. The average Bonchev–Trinajstić information content (AvgIpc) is 2.84. The summed E-state index contributed by atoms with van der Waals surface area (Å²) in [7, 11) is 0. The monoisotopic (exact) mass is 474 g/mol. The Bertz CT molecular complexity index is 1020. The van der Waals surface area contributed by atoms with Crippen molar-refractivity contribution in [2.75, 3.05) is 29.1 Å². The number of alkyl halides is 3. The molecule has 10 heteroatoms. The smallest absolute Gasteiger partial charge is 0.396 e. The number of benzene rings is 2. The Kier molecular flexibility index (Phi) is 9.45. The molecule has 0 bridgehead atoms. The first-order valence-electron chi connectivity index (χ1n) is 11.2. The highest BCUT2D eigenvalue weighted by atomic mass is 19.4. The average molecular weight is 475 g/mol. The Hall–Kier alpha value is -3.40. The first-order valence-corrected chi connectivity index (χ1v) is 11.2. The van der Waals surface area contributed by atoms with Gasteiger partial charge in [0.2, 0.25) is 17.8 Å². The molecule has 0 spiro atoms. The molecule has 0 unspecified atom stereocenters. The summed E-state index contributed by atoms with van der Waals surface area (Å²) in [6.45, 7) is 1.49. The number of anilines is 3. The van der Waals surface area contributed by atoms with Crippen molar-refractivity contribution in [1.82, 2.24) is 15.0 Å². The maximum atomic E-state index is 13.0. The van der Waals surface area contributed by atoms with Crippen LogP contribution >= 0.6 is 0 Å². The number of aromatic nitrogens is 3. The Morgan fingerprint density at radius 2 is 1.26 bits per heavy atom. The summed E-state index contributed by atoms with van der Waals surface area (Å²) in [5.41, 5.74) is 0.823. The van der Waals surface area contributed by atoms with Gasteiger partial charge in [-0.05, 0) is 36.1 Å². The molecule has 1 aromatic heterocycles. The lowest BCUT2D eigenvalue weighted by atomic mass is 10.1. The first kappa shape index (κ1) is 25.2. The molecule has 0 saturated heterocycles. The summed E-state index contributed by atoms with van der Waals surface area (Å²) in [5.74, 6) is 0.984. The number of rotatable bonds is 13. The molecule has 3 aromatic rings. The second kappa shape index (κ2) is 12.7. The lowest BCUT2D eigenvalue weighted by molar-refractivity contribution is -0.137. The molecular formula is C24H29F3N6O. The fraction of sp³-hybridized carbons (Fsp3) is 0.375. The number of halogens is 3. The van der Waals surface area contributed by atoms with Crippen LogP contribution in [0.5, 0.6) is 0 Å². The second-order valence-electron chi connectivity index (χ2n) is 7.76. The van der Waals surface area contributed by atoms with Crippen LogP contribution in [0.25, 0.3) is 0 Å². The number of hydrogen-bond donors (Lipinski definition) is 4. The van der Waals surface area contributed by atoms with Gasteiger partial charge in [-0.3, -0.25) is 0 Å². The molecule has 4 N–H and O–H groups in total. The van der Waals surface area contributed by atoms with Gasteiger partial charge >= 0.3 is 6.18 Å². The molecule has 0 aliphatic rings. The zero-order valence-electron chi connectivity index (χ0n) is 18.8. The van der Waals surface area contributed by atoms with Crippen molar-refractivity contribution in [3.05, 3.63) is 71.3 Å². The van der Waals surface area contributed by atoms with Crippen molar-refractivity contribution in [3.8, 4) is 0 Å². The fourth-order valence-corrected chi connectivity index (χ4v) is 3.22. The SMILES string of the molecule is OCCCCCCNc1nc(NCc2ccccc2)nc(NCc2cccc(C(F)(F)F)c2)n1. The van der Waals surface area contributed by atoms with Crippen LogP contribution in [0.2, 0.25) is 0 Å². The number of aliphatic hydroxyl groups excluding tert-OH is 1. The van der Waals surface area contributed by atoms with Gasteiger partial charge in [-0.1, -0.05) is 55.3 Å². The number of unbranched alkanes of at least 4 members (excludes halogenated alkanes) is 3.